The van der Waals surface area contributed by atoms with E-state index in [2.05, 4.69) is 24.1 Å². The van der Waals surface area contributed by atoms with Crippen molar-refractivity contribution in [1.29, 1.82) is 0 Å². The molecule has 2 N–H and O–H groups in total. The second-order valence-corrected chi connectivity index (χ2v) is 2.24. The molecule has 1 aliphatic rings. The summed E-state index contributed by atoms with van der Waals surface area (Å²) in [6, 6.07) is 0. The normalized spacial score (nSPS) is 20.6. The topological polar surface area (TPSA) is 24.1 Å². The molecule has 1 aliphatic heterocycles. The van der Waals surface area contributed by atoms with Gasteiger partial charge in [-0.3, -0.25) is 0 Å². The second kappa shape index (κ2) is 2.58. The number of nitrogens with one attached hydrogen (secondary N) is 2. The quantitative estimate of drug-likeness (QED) is 0.532. The van der Waals surface area contributed by atoms with Crippen LogP contribution in [0, 0.1) is 5.92 Å². The third kappa shape index (κ3) is 1.25. The molecule has 0 fully saturated rings. The lowest BCUT2D eigenvalue weighted by atomic mass is 10.1. The fourth-order valence-electron chi connectivity index (χ4n) is 0.791. The van der Waals surface area contributed by atoms with Crippen molar-refractivity contribution in [2.45, 2.75) is 13.1 Å². The van der Waals surface area contributed by atoms with E-state index in [1.54, 1.807) is 0 Å². The molecule has 9 heavy (non-hydrogen) atoms. The highest BCUT2D eigenvalue weighted by atomic mass is 15.2. The summed E-state index contributed by atoms with van der Waals surface area (Å²) in [6.07, 6.45) is 6.09. The van der Waals surface area contributed by atoms with Crippen molar-refractivity contribution < 1.29 is 0 Å². The molecular formula is C7H12N2. The molecular weight excluding hydrogens is 112 g/mol. The zero-order valence-corrected chi connectivity index (χ0v) is 5.59. The highest BCUT2D eigenvalue weighted by molar-refractivity contribution is 4.96. The van der Waals surface area contributed by atoms with Gasteiger partial charge in [0, 0.05) is 18.3 Å². The van der Waals surface area contributed by atoms with Crippen molar-refractivity contribution >= 4 is 0 Å². The van der Waals surface area contributed by atoms with E-state index in [0.29, 0.717) is 12.1 Å². The molecule has 2 nitrogen and oxygen atoms in total. The molecule has 0 amide bonds. The lowest BCUT2D eigenvalue weighted by Gasteiger charge is -2.16. The van der Waals surface area contributed by atoms with Crippen LogP contribution in [0.2, 0.25) is 0 Å². The lowest BCUT2D eigenvalue weighted by molar-refractivity contribution is 0.464. The molecule has 1 rings (SSSR count). The van der Waals surface area contributed by atoms with Gasteiger partial charge >= 0.3 is 0 Å². The van der Waals surface area contributed by atoms with E-state index in [4.69, 9.17) is 0 Å². The van der Waals surface area contributed by atoms with E-state index in [1.165, 1.54) is 0 Å². The Hall–Kier alpha value is -0.920. The minimum absolute atomic E-state index is 0.350. The Kier molecular flexibility index (Phi) is 1.78. The fourth-order valence-corrected chi connectivity index (χ4v) is 0.791. The number of hydrogen-bond donors (Lipinski definition) is 2. The van der Waals surface area contributed by atoms with E-state index in [0.717, 1.165) is 0 Å². The molecule has 50 valence electrons. The summed E-state index contributed by atoms with van der Waals surface area (Å²) in [7, 11) is 0. The summed E-state index contributed by atoms with van der Waals surface area (Å²) in [6.45, 7) is 5.81. The Morgan fingerprint density at radius 1 is 1.56 bits per heavy atom. The van der Waals surface area contributed by atoms with Crippen molar-refractivity contribution in [3.8, 4) is 0 Å². The highest BCUT2D eigenvalue weighted by Crippen LogP contribution is 2.03. The first-order chi connectivity index (χ1) is 4.34. The molecule has 0 aromatic rings. The second-order valence-electron chi connectivity index (χ2n) is 2.24. The minimum Gasteiger partial charge on any atom is -0.370 e. The predicted molar refractivity (Wildman–Crippen MR) is 38.6 cm³/mol. The monoisotopic (exact) mass is 124 g/mol. The Bertz CT molecular complexity index is 121. The van der Waals surface area contributed by atoms with Crippen LogP contribution in [-0.4, -0.2) is 6.17 Å². The SMILES string of the molecule is C=CC(C)C1NC=CN1. The summed E-state index contributed by atoms with van der Waals surface area (Å²) in [4.78, 5) is 0. The van der Waals surface area contributed by atoms with Crippen LogP contribution >= 0.6 is 0 Å². The third-order valence-corrected chi connectivity index (χ3v) is 1.53. The molecule has 2 heteroatoms. The summed E-state index contributed by atoms with van der Waals surface area (Å²) in [5, 5.41) is 6.29. The zero-order valence-electron chi connectivity index (χ0n) is 5.59. The van der Waals surface area contributed by atoms with Gasteiger partial charge < -0.3 is 10.6 Å². The average Bonchev–Trinajstić information content (AvgIpc) is 2.37. The largest absolute Gasteiger partial charge is 0.370 e. The maximum atomic E-state index is 3.70. The van der Waals surface area contributed by atoms with Crippen molar-refractivity contribution in [2.75, 3.05) is 0 Å². The summed E-state index contributed by atoms with van der Waals surface area (Å²) < 4.78 is 0. The van der Waals surface area contributed by atoms with Gasteiger partial charge in [-0.25, -0.2) is 0 Å². The molecule has 1 heterocycles. The number of rotatable bonds is 2. The van der Waals surface area contributed by atoms with Gasteiger partial charge in [0.1, 0.15) is 6.17 Å². The Balaban J connectivity index is 2.35. The average molecular weight is 124 g/mol. The van der Waals surface area contributed by atoms with Crippen LogP contribution in [-0.2, 0) is 0 Å². The van der Waals surface area contributed by atoms with Crippen molar-refractivity contribution in [2.24, 2.45) is 5.92 Å². The van der Waals surface area contributed by atoms with E-state index in [-0.39, 0.29) is 0 Å². The lowest BCUT2D eigenvalue weighted by Crippen LogP contribution is -2.36. The van der Waals surface area contributed by atoms with Crippen LogP contribution < -0.4 is 10.6 Å². The fraction of sp³-hybridized carbons (Fsp3) is 0.429. The van der Waals surface area contributed by atoms with Gasteiger partial charge in [0.2, 0.25) is 0 Å². The predicted octanol–water partition coefficient (Wildman–Crippen LogP) is 0.799. The van der Waals surface area contributed by atoms with Gasteiger partial charge in [0.25, 0.3) is 0 Å². The van der Waals surface area contributed by atoms with Crippen LogP contribution in [0.15, 0.2) is 25.1 Å². The summed E-state index contributed by atoms with van der Waals surface area (Å²) in [5.41, 5.74) is 0. The van der Waals surface area contributed by atoms with E-state index < -0.39 is 0 Å². The molecule has 1 unspecified atom stereocenters. The Labute approximate surface area is 55.6 Å². The molecule has 0 saturated heterocycles. The molecule has 0 aromatic carbocycles. The minimum atomic E-state index is 0.350. The first-order valence-electron chi connectivity index (χ1n) is 3.14. The van der Waals surface area contributed by atoms with E-state index in [1.807, 2.05) is 18.5 Å². The highest BCUT2D eigenvalue weighted by Gasteiger charge is 2.12. The van der Waals surface area contributed by atoms with Crippen LogP contribution in [0.5, 0.6) is 0 Å². The third-order valence-electron chi connectivity index (χ3n) is 1.53. The van der Waals surface area contributed by atoms with Crippen molar-refractivity contribution in [1.82, 2.24) is 10.6 Å². The van der Waals surface area contributed by atoms with Gasteiger partial charge in [-0.2, -0.15) is 0 Å². The summed E-state index contributed by atoms with van der Waals surface area (Å²) in [5.74, 6) is 0.472. The zero-order chi connectivity index (χ0) is 6.69. The maximum Gasteiger partial charge on any atom is 0.102 e. The molecule has 0 radical (unpaired) electrons. The molecule has 0 bridgehead atoms. The van der Waals surface area contributed by atoms with E-state index in [9.17, 15) is 0 Å². The maximum absolute atomic E-state index is 3.70. The van der Waals surface area contributed by atoms with Crippen LogP contribution in [0.3, 0.4) is 0 Å². The molecule has 1 atom stereocenters. The van der Waals surface area contributed by atoms with Gasteiger partial charge in [-0.15, -0.1) is 6.58 Å². The van der Waals surface area contributed by atoms with Gasteiger partial charge in [0.05, 0.1) is 0 Å². The van der Waals surface area contributed by atoms with Gasteiger partial charge in [-0.05, 0) is 0 Å². The summed E-state index contributed by atoms with van der Waals surface area (Å²) >= 11 is 0. The van der Waals surface area contributed by atoms with Gasteiger partial charge in [-0.1, -0.05) is 13.0 Å². The molecule has 0 aromatic heterocycles. The first-order valence-corrected chi connectivity index (χ1v) is 3.14. The van der Waals surface area contributed by atoms with Crippen molar-refractivity contribution in [3.05, 3.63) is 25.1 Å². The van der Waals surface area contributed by atoms with Crippen LogP contribution in [0.4, 0.5) is 0 Å². The van der Waals surface area contributed by atoms with E-state index >= 15 is 0 Å². The Morgan fingerprint density at radius 3 is 2.56 bits per heavy atom. The standard InChI is InChI=1S/C7H12N2/c1-3-6(2)7-8-4-5-9-7/h3-9H,1H2,2H3. The first kappa shape index (κ1) is 6.20. The molecule has 0 aliphatic carbocycles. The van der Waals surface area contributed by atoms with Crippen molar-refractivity contribution in [3.63, 3.8) is 0 Å². The van der Waals surface area contributed by atoms with Gasteiger partial charge in [0.15, 0.2) is 0 Å². The van der Waals surface area contributed by atoms with Crippen LogP contribution in [0.25, 0.3) is 0 Å². The molecule has 0 saturated carbocycles. The smallest absolute Gasteiger partial charge is 0.102 e. The molecule has 0 spiro atoms. The van der Waals surface area contributed by atoms with Crippen LogP contribution in [0.1, 0.15) is 6.92 Å². The Morgan fingerprint density at radius 2 is 2.11 bits per heavy atom. The number of hydrogen-bond acceptors (Lipinski definition) is 2.